The minimum atomic E-state index is -0.715. The predicted molar refractivity (Wildman–Crippen MR) is 79.3 cm³/mol. The number of hydrogen-bond acceptors (Lipinski definition) is 2. The molecule has 1 unspecified atom stereocenters. The van der Waals surface area contributed by atoms with E-state index in [2.05, 4.69) is 9.97 Å². The topological polar surface area (TPSA) is 65.7 Å². The van der Waals surface area contributed by atoms with Crippen LogP contribution in [0.2, 0.25) is 0 Å². The molecule has 3 aromatic rings. The Labute approximate surface area is 123 Å². The maximum atomic E-state index is 12.9. The van der Waals surface area contributed by atoms with Gasteiger partial charge in [-0.15, -0.1) is 11.6 Å². The van der Waals surface area contributed by atoms with E-state index >= 15 is 0 Å². The van der Waals surface area contributed by atoms with Crippen LogP contribution >= 0.6 is 11.6 Å². The van der Waals surface area contributed by atoms with Crippen molar-refractivity contribution in [2.45, 2.75) is 5.38 Å². The van der Waals surface area contributed by atoms with Crippen LogP contribution in [0.25, 0.3) is 11.0 Å². The van der Waals surface area contributed by atoms with Crippen molar-refractivity contribution < 1.29 is 4.39 Å². The number of benzene rings is 2. The van der Waals surface area contributed by atoms with Crippen molar-refractivity contribution >= 4 is 22.6 Å². The summed E-state index contributed by atoms with van der Waals surface area (Å²) in [6.45, 7) is 0. The average Bonchev–Trinajstić information content (AvgIpc) is 2.48. The van der Waals surface area contributed by atoms with E-state index in [1.165, 1.54) is 12.1 Å². The summed E-state index contributed by atoms with van der Waals surface area (Å²) >= 11 is 6.37. The molecule has 3 rings (SSSR count). The van der Waals surface area contributed by atoms with Gasteiger partial charge in [-0.2, -0.15) is 0 Å². The van der Waals surface area contributed by atoms with Gasteiger partial charge in [-0.25, -0.2) is 4.39 Å². The van der Waals surface area contributed by atoms with Gasteiger partial charge in [-0.05, 0) is 35.4 Å². The number of alkyl halides is 1. The van der Waals surface area contributed by atoms with Crippen molar-refractivity contribution in [3.05, 3.63) is 80.1 Å². The van der Waals surface area contributed by atoms with Crippen LogP contribution in [0.5, 0.6) is 0 Å². The first kappa shape index (κ1) is 13.6. The molecule has 1 atom stereocenters. The van der Waals surface area contributed by atoms with E-state index in [0.29, 0.717) is 11.0 Å². The Morgan fingerprint density at radius 3 is 2.10 bits per heavy atom. The van der Waals surface area contributed by atoms with E-state index in [4.69, 9.17) is 11.6 Å². The lowest BCUT2D eigenvalue weighted by atomic mass is 10.0. The molecule has 2 N–H and O–H groups in total. The smallest absolute Gasteiger partial charge is 0.314 e. The van der Waals surface area contributed by atoms with Crippen molar-refractivity contribution in [3.8, 4) is 0 Å². The van der Waals surface area contributed by atoms with Gasteiger partial charge in [-0.3, -0.25) is 9.59 Å². The Morgan fingerprint density at radius 1 is 0.857 bits per heavy atom. The number of aromatic nitrogens is 2. The molecule has 1 aromatic heterocycles. The van der Waals surface area contributed by atoms with Crippen molar-refractivity contribution in [1.82, 2.24) is 9.97 Å². The molecule has 0 saturated heterocycles. The summed E-state index contributed by atoms with van der Waals surface area (Å²) in [6, 6.07) is 11.0. The molecule has 6 heteroatoms. The van der Waals surface area contributed by atoms with E-state index in [0.717, 1.165) is 11.1 Å². The number of fused-ring (bicyclic) bond motifs is 1. The average molecular weight is 305 g/mol. The zero-order valence-corrected chi connectivity index (χ0v) is 11.4. The molecular weight excluding hydrogens is 295 g/mol. The van der Waals surface area contributed by atoms with Gasteiger partial charge in [0.1, 0.15) is 5.82 Å². The van der Waals surface area contributed by atoms with Gasteiger partial charge in [0.25, 0.3) is 0 Å². The molecule has 0 aliphatic rings. The third kappa shape index (κ3) is 2.60. The first-order valence-electron chi connectivity index (χ1n) is 6.20. The quantitative estimate of drug-likeness (QED) is 0.565. The third-order valence-corrected chi connectivity index (χ3v) is 3.71. The highest BCUT2D eigenvalue weighted by Gasteiger charge is 2.12. The van der Waals surface area contributed by atoms with Gasteiger partial charge in [0.2, 0.25) is 0 Å². The summed E-state index contributed by atoms with van der Waals surface area (Å²) < 4.78 is 12.9. The molecule has 0 spiro atoms. The number of rotatable bonds is 2. The summed E-state index contributed by atoms with van der Waals surface area (Å²) in [5.41, 5.74) is 1.07. The van der Waals surface area contributed by atoms with Crippen LogP contribution in [0.4, 0.5) is 4.39 Å². The lowest BCUT2D eigenvalue weighted by Crippen LogP contribution is -2.28. The Hall–Kier alpha value is -2.40. The van der Waals surface area contributed by atoms with Crippen LogP contribution in [0.1, 0.15) is 16.5 Å². The van der Waals surface area contributed by atoms with E-state index in [1.807, 2.05) is 0 Å². The SMILES string of the molecule is O=c1[nH]c2ccc(C(Cl)c3ccc(F)cc3)cc2[nH]c1=O. The van der Waals surface area contributed by atoms with Crippen LogP contribution in [0.15, 0.2) is 52.1 Å². The van der Waals surface area contributed by atoms with E-state index in [1.54, 1.807) is 30.3 Å². The van der Waals surface area contributed by atoms with Crippen LogP contribution in [-0.4, -0.2) is 9.97 Å². The molecule has 0 fully saturated rings. The molecule has 0 bridgehead atoms. The van der Waals surface area contributed by atoms with E-state index in [9.17, 15) is 14.0 Å². The Bertz CT molecular complexity index is 915. The molecule has 2 aromatic carbocycles. The minimum absolute atomic E-state index is 0.331. The molecule has 0 radical (unpaired) electrons. The van der Waals surface area contributed by atoms with Gasteiger partial charge >= 0.3 is 11.1 Å². The maximum absolute atomic E-state index is 12.9. The summed E-state index contributed by atoms with van der Waals surface area (Å²) in [5.74, 6) is -0.331. The zero-order chi connectivity index (χ0) is 15.0. The van der Waals surface area contributed by atoms with Gasteiger partial charge in [0.15, 0.2) is 0 Å². The molecule has 4 nitrogen and oxygen atoms in total. The van der Waals surface area contributed by atoms with Crippen molar-refractivity contribution in [3.63, 3.8) is 0 Å². The van der Waals surface area contributed by atoms with Crippen LogP contribution < -0.4 is 11.1 Å². The van der Waals surface area contributed by atoms with Gasteiger partial charge in [0, 0.05) is 0 Å². The van der Waals surface area contributed by atoms with Crippen molar-refractivity contribution in [1.29, 1.82) is 0 Å². The fourth-order valence-electron chi connectivity index (χ4n) is 2.11. The van der Waals surface area contributed by atoms with E-state index < -0.39 is 16.5 Å². The first-order valence-corrected chi connectivity index (χ1v) is 6.64. The summed E-state index contributed by atoms with van der Waals surface area (Å²) in [4.78, 5) is 27.6. The fourth-order valence-corrected chi connectivity index (χ4v) is 2.40. The molecule has 106 valence electrons. The maximum Gasteiger partial charge on any atom is 0.314 e. The van der Waals surface area contributed by atoms with Crippen LogP contribution in [0.3, 0.4) is 0 Å². The highest BCUT2D eigenvalue weighted by molar-refractivity contribution is 6.22. The largest absolute Gasteiger partial charge is 0.316 e. The molecular formula is C15H10ClFN2O2. The van der Waals surface area contributed by atoms with Gasteiger partial charge < -0.3 is 9.97 Å². The second kappa shape index (κ2) is 5.18. The Kier molecular flexibility index (Phi) is 3.35. The first-order chi connectivity index (χ1) is 10.0. The summed E-state index contributed by atoms with van der Waals surface area (Å²) in [7, 11) is 0. The third-order valence-electron chi connectivity index (χ3n) is 3.20. The fraction of sp³-hybridized carbons (Fsp3) is 0.0667. The number of hydrogen-bond donors (Lipinski definition) is 2. The monoisotopic (exact) mass is 304 g/mol. The summed E-state index contributed by atoms with van der Waals surface area (Å²) in [5, 5.41) is -0.481. The zero-order valence-electron chi connectivity index (χ0n) is 10.7. The summed E-state index contributed by atoms with van der Waals surface area (Å²) in [6.07, 6.45) is 0. The molecule has 0 saturated carbocycles. The number of H-pyrrole nitrogens is 2. The molecule has 0 aliphatic carbocycles. The second-order valence-electron chi connectivity index (χ2n) is 4.63. The lowest BCUT2D eigenvalue weighted by molar-refractivity contribution is 0.627. The van der Waals surface area contributed by atoms with Crippen LogP contribution in [-0.2, 0) is 0 Å². The Balaban J connectivity index is 2.08. The van der Waals surface area contributed by atoms with E-state index in [-0.39, 0.29) is 5.82 Å². The number of halogens is 2. The molecule has 0 aliphatic heterocycles. The molecule has 21 heavy (non-hydrogen) atoms. The Morgan fingerprint density at radius 2 is 1.43 bits per heavy atom. The molecule has 0 amide bonds. The highest BCUT2D eigenvalue weighted by Crippen LogP contribution is 2.29. The molecule has 1 heterocycles. The number of nitrogens with one attached hydrogen (secondary N) is 2. The van der Waals surface area contributed by atoms with Crippen LogP contribution in [0, 0.1) is 5.82 Å². The van der Waals surface area contributed by atoms with Crippen molar-refractivity contribution in [2.24, 2.45) is 0 Å². The van der Waals surface area contributed by atoms with Gasteiger partial charge in [-0.1, -0.05) is 18.2 Å². The predicted octanol–water partition coefficient (Wildman–Crippen LogP) is 2.68. The second-order valence-corrected chi connectivity index (χ2v) is 5.06. The van der Waals surface area contributed by atoms with Gasteiger partial charge in [0.05, 0.1) is 16.4 Å². The highest BCUT2D eigenvalue weighted by atomic mass is 35.5. The van der Waals surface area contributed by atoms with Crippen molar-refractivity contribution in [2.75, 3.05) is 0 Å². The lowest BCUT2D eigenvalue weighted by Gasteiger charge is -2.11. The normalized spacial score (nSPS) is 12.5. The standard InChI is InChI=1S/C15H10ClFN2O2/c16-13(8-1-4-10(17)5-2-8)9-3-6-11-12(7-9)19-15(21)14(20)18-11/h1-7,13H,(H,18,20)(H,19,21). The number of aromatic amines is 2. The minimum Gasteiger partial charge on any atom is -0.316 e.